The van der Waals surface area contributed by atoms with Crippen LogP contribution in [0.15, 0.2) is 12.1 Å². The molecule has 1 aromatic carbocycles. The predicted octanol–water partition coefficient (Wildman–Crippen LogP) is 2.13. The summed E-state index contributed by atoms with van der Waals surface area (Å²) < 4.78 is 5.07. The quantitative estimate of drug-likeness (QED) is 0.738. The molecule has 68 valence electrons. The second-order valence-corrected chi connectivity index (χ2v) is 2.99. The summed E-state index contributed by atoms with van der Waals surface area (Å²) in [5, 5.41) is 8.73. The molecule has 0 aliphatic carbocycles. The number of nitrogen functional groups attached to an aromatic ring is 1. The summed E-state index contributed by atoms with van der Waals surface area (Å²) in [5.74, 6) is 0.495. The Morgan fingerprint density at radius 1 is 1.62 bits per heavy atom. The molecule has 3 nitrogen and oxygen atoms in total. The SMILES string of the molecule is Cc1cc(OCC#N)c(Cl)cc1N. The second kappa shape index (κ2) is 4.01. The van der Waals surface area contributed by atoms with Crippen LogP contribution in [-0.4, -0.2) is 6.61 Å². The van der Waals surface area contributed by atoms with E-state index in [9.17, 15) is 0 Å². The van der Waals surface area contributed by atoms with E-state index in [0.717, 1.165) is 5.56 Å². The first-order chi connectivity index (χ1) is 6.15. The molecule has 0 atom stereocenters. The van der Waals surface area contributed by atoms with Gasteiger partial charge in [0.1, 0.15) is 11.8 Å². The molecule has 0 amide bonds. The molecular weight excluding hydrogens is 188 g/mol. The number of nitrogens with two attached hydrogens (primary N) is 1. The van der Waals surface area contributed by atoms with Gasteiger partial charge in [-0.2, -0.15) is 5.26 Å². The van der Waals surface area contributed by atoms with Gasteiger partial charge in [0.05, 0.1) is 5.02 Å². The van der Waals surface area contributed by atoms with E-state index in [1.807, 2.05) is 13.0 Å². The molecule has 0 unspecified atom stereocenters. The molecule has 0 spiro atoms. The average molecular weight is 197 g/mol. The summed E-state index contributed by atoms with van der Waals surface area (Å²) in [5.41, 5.74) is 7.12. The Hall–Kier alpha value is -1.40. The van der Waals surface area contributed by atoms with Crippen molar-refractivity contribution in [3.8, 4) is 11.8 Å². The van der Waals surface area contributed by atoms with Crippen molar-refractivity contribution in [3.63, 3.8) is 0 Å². The van der Waals surface area contributed by atoms with E-state index in [-0.39, 0.29) is 6.61 Å². The van der Waals surface area contributed by atoms with Crippen molar-refractivity contribution in [2.45, 2.75) is 6.92 Å². The third-order valence-corrected chi connectivity index (χ3v) is 1.91. The van der Waals surface area contributed by atoms with Crippen LogP contribution in [0.2, 0.25) is 5.02 Å². The number of anilines is 1. The summed E-state index contributed by atoms with van der Waals surface area (Å²) in [7, 11) is 0. The van der Waals surface area contributed by atoms with Crippen molar-refractivity contribution < 1.29 is 4.74 Å². The normalized spacial score (nSPS) is 9.31. The maximum absolute atomic E-state index is 8.30. The summed E-state index contributed by atoms with van der Waals surface area (Å²) >= 11 is 5.82. The molecular formula is C9H9ClN2O. The lowest BCUT2D eigenvalue weighted by atomic mass is 10.2. The molecule has 0 bridgehead atoms. The number of hydrogen-bond donors (Lipinski definition) is 1. The molecule has 4 heteroatoms. The van der Waals surface area contributed by atoms with E-state index in [1.165, 1.54) is 0 Å². The monoisotopic (exact) mass is 196 g/mol. The van der Waals surface area contributed by atoms with Crippen LogP contribution in [0.1, 0.15) is 5.56 Å². The fourth-order valence-electron chi connectivity index (χ4n) is 0.891. The van der Waals surface area contributed by atoms with Crippen LogP contribution in [0, 0.1) is 18.3 Å². The van der Waals surface area contributed by atoms with Crippen molar-refractivity contribution in [1.29, 1.82) is 5.26 Å². The highest BCUT2D eigenvalue weighted by molar-refractivity contribution is 6.32. The van der Waals surface area contributed by atoms with E-state index in [1.54, 1.807) is 12.1 Å². The lowest BCUT2D eigenvalue weighted by Crippen LogP contribution is -1.96. The maximum atomic E-state index is 8.30. The van der Waals surface area contributed by atoms with Gasteiger partial charge in [-0.05, 0) is 24.6 Å². The number of aryl methyl sites for hydroxylation is 1. The summed E-state index contributed by atoms with van der Waals surface area (Å²) in [6.45, 7) is 1.84. The van der Waals surface area contributed by atoms with Gasteiger partial charge in [-0.3, -0.25) is 0 Å². The minimum Gasteiger partial charge on any atom is -0.477 e. The van der Waals surface area contributed by atoms with E-state index in [4.69, 9.17) is 27.3 Å². The Kier molecular flexibility index (Phi) is 2.99. The maximum Gasteiger partial charge on any atom is 0.174 e. The molecule has 1 rings (SSSR count). The fourth-order valence-corrected chi connectivity index (χ4v) is 1.12. The van der Waals surface area contributed by atoms with Gasteiger partial charge < -0.3 is 10.5 Å². The summed E-state index contributed by atoms with van der Waals surface area (Å²) in [4.78, 5) is 0. The van der Waals surface area contributed by atoms with Crippen LogP contribution in [0.5, 0.6) is 5.75 Å². The zero-order chi connectivity index (χ0) is 9.84. The average Bonchev–Trinajstić information content (AvgIpc) is 2.09. The largest absolute Gasteiger partial charge is 0.477 e. The lowest BCUT2D eigenvalue weighted by molar-refractivity contribution is 0.368. The smallest absolute Gasteiger partial charge is 0.174 e. The Morgan fingerprint density at radius 2 is 2.31 bits per heavy atom. The zero-order valence-electron chi connectivity index (χ0n) is 7.17. The van der Waals surface area contributed by atoms with Crippen molar-refractivity contribution in [2.24, 2.45) is 0 Å². The van der Waals surface area contributed by atoms with E-state index >= 15 is 0 Å². The third-order valence-electron chi connectivity index (χ3n) is 1.61. The molecule has 0 heterocycles. The van der Waals surface area contributed by atoms with Crippen LogP contribution in [0.3, 0.4) is 0 Å². The van der Waals surface area contributed by atoms with Crippen molar-refractivity contribution in [1.82, 2.24) is 0 Å². The minimum atomic E-state index is -0.0108. The van der Waals surface area contributed by atoms with Crippen molar-refractivity contribution in [2.75, 3.05) is 12.3 Å². The Bertz CT molecular complexity index is 357. The van der Waals surface area contributed by atoms with Gasteiger partial charge in [0.2, 0.25) is 0 Å². The zero-order valence-corrected chi connectivity index (χ0v) is 7.93. The molecule has 1 aromatic rings. The van der Waals surface area contributed by atoms with Crippen LogP contribution in [-0.2, 0) is 0 Å². The molecule has 0 radical (unpaired) electrons. The van der Waals surface area contributed by atoms with Crippen LogP contribution < -0.4 is 10.5 Å². The van der Waals surface area contributed by atoms with Gasteiger partial charge in [-0.25, -0.2) is 0 Å². The van der Waals surface area contributed by atoms with Gasteiger partial charge in [0, 0.05) is 5.69 Å². The topological polar surface area (TPSA) is 59.0 Å². The number of benzene rings is 1. The molecule has 0 saturated heterocycles. The van der Waals surface area contributed by atoms with E-state index < -0.39 is 0 Å². The number of ether oxygens (including phenoxy) is 1. The van der Waals surface area contributed by atoms with Crippen LogP contribution in [0.25, 0.3) is 0 Å². The molecule has 0 aliphatic heterocycles. The van der Waals surface area contributed by atoms with E-state index in [0.29, 0.717) is 16.5 Å². The first kappa shape index (κ1) is 9.69. The molecule has 0 fully saturated rings. The number of hydrogen-bond acceptors (Lipinski definition) is 3. The fraction of sp³-hybridized carbons (Fsp3) is 0.222. The molecule has 0 saturated carbocycles. The Labute approximate surface area is 81.7 Å². The van der Waals surface area contributed by atoms with Gasteiger partial charge in [0.15, 0.2) is 6.61 Å². The minimum absolute atomic E-state index is 0.0108. The van der Waals surface area contributed by atoms with Gasteiger partial charge in [0.25, 0.3) is 0 Å². The Balaban J connectivity index is 2.96. The number of halogens is 1. The highest BCUT2D eigenvalue weighted by Gasteiger charge is 2.04. The molecule has 13 heavy (non-hydrogen) atoms. The third kappa shape index (κ3) is 2.27. The second-order valence-electron chi connectivity index (χ2n) is 2.59. The highest BCUT2D eigenvalue weighted by atomic mass is 35.5. The molecule has 0 aromatic heterocycles. The lowest BCUT2D eigenvalue weighted by Gasteiger charge is -2.07. The number of nitrogens with zero attached hydrogens (tertiary/aromatic N) is 1. The van der Waals surface area contributed by atoms with Gasteiger partial charge >= 0.3 is 0 Å². The van der Waals surface area contributed by atoms with Crippen LogP contribution in [0.4, 0.5) is 5.69 Å². The van der Waals surface area contributed by atoms with Crippen molar-refractivity contribution >= 4 is 17.3 Å². The van der Waals surface area contributed by atoms with Crippen molar-refractivity contribution in [3.05, 3.63) is 22.7 Å². The molecule has 2 N–H and O–H groups in total. The Morgan fingerprint density at radius 3 is 2.92 bits per heavy atom. The summed E-state index contributed by atoms with van der Waals surface area (Å²) in [6, 6.07) is 5.20. The molecule has 0 aliphatic rings. The standard InChI is InChI=1S/C9H9ClN2O/c1-6-4-9(13-3-2-11)7(10)5-8(6)12/h4-5H,3,12H2,1H3. The van der Waals surface area contributed by atoms with E-state index in [2.05, 4.69) is 0 Å². The summed E-state index contributed by atoms with van der Waals surface area (Å²) in [6.07, 6.45) is 0. The van der Waals surface area contributed by atoms with Gasteiger partial charge in [-0.1, -0.05) is 11.6 Å². The van der Waals surface area contributed by atoms with Crippen LogP contribution >= 0.6 is 11.6 Å². The van der Waals surface area contributed by atoms with Gasteiger partial charge in [-0.15, -0.1) is 0 Å². The first-order valence-electron chi connectivity index (χ1n) is 3.70. The predicted molar refractivity (Wildman–Crippen MR) is 51.7 cm³/mol. The number of rotatable bonds is 2. The first-order valence-corrected chi connectivity index (χ1v) is 4.08. The number of nitriles is 1. The highest BCUT2D eigenvalue weighted by Crippen LogP contribution is 2.29.